The fourth-order valence-electron chi connectivity index (χ4n) is 2.08. The average molecular weight is 382 g/mol. The minimum absolute atomic E-state index is 0.0227. The lowest BCUT2D eigenvalue weighted by molar-refractivity contribution is 0.290. The van der Waals surface area contributed by atoms with Gasteiger partial charge in [0, 0.05) is 23.4 Å². The summed E-state index contributed by atoms with van der Waals surface area (Å²) < 4.78 is 34.7. The third-order valence-electron chi connectivity index (χ3n) is 3.51. The minimum Gasteiger partial charge on any atom is -0.486 e. The molecule has 0 spiro atoms. The molecule has 0 fully saturated rings. The van der Waals surface area contributed by atoms with Crippen LogP contribution in [-0.2, 0) is 19.4 Å². The SMILES string of the molecule is Cn1c(COc2ccc(Cl)cc2)nnc1SCc1c(F)cccc1F. The molecule has 4 nitrogen and oxygen atoms in total. The quantitative estimate of drug-likeness (QED) is 0.584. The molecule has 3 aromatic rings. The van der Waals surface area contributed by atoms with Crippen LogP contribution in [0, 0.1) is 11.6 Å². The van der Waals surface area contributed by atoms with E-state index in [1.54, 1.807) is 35.9 Å². The zero-order valence-corrected chi connectivity index (χ0v) is 14.8. The molecule has 1 heterocycles. The van der Waals surface area contributed by atoms with E-state index in [0.29, 0.717) is 21.8 Å². The predicted molar refractivity (Wildman–Crippen MR) is 92.7 cm³/mol. The van der Waals surface area contributed by atoms with Crippen molar-refractivity contribution >= 4 is 23.4 Å². The molecule has 2 aromatic carbocycles. The Morgan fingerprint density at radius 2 is 1.76 bits per heavy atom. The topological polar surface area (TPSA) is 39.9 Å². The highest BCUT2D eigenvalue weighted by atomic mass is 35.5. The second-order valence-electron chi connectivity index (χ2n) is 5.19. The van der Waals surface area contributed by atoms with Crippen LogP contribution in [0.4, 0.5) is 8.78 Å². The van der Waals surface area contributed by atoms with E-state index in [1.807, 2.05) is 0 Å². The summed E-state index contributed by atoms with van der Waals surface area (Å²) in [4.78, 5) is 0. The third kappa shape index (κ3) is 4.29. The predicted octanol–water partition coefficient (Wildman–Crippen LogP) is 4.62. The summed E-state index contributed by atoms with van der Waals surface area (Å²) in [5.74, 6) is 0.256. The van der Waals surface area contributed by atoms with E-state index in [9.17, 15) is 8.78 Å². The van der Waals surface area contributed by atoms with Gasteiger partial charge >= 0.3 is 0 Å². The van der Waals surface area contributed by atoms with Gasteiger partial charge in [-0.05, 0) is 36.4 Å². The number of rotatable bonds is 6. The number of nitrogens with zero attached hydrogens (tertiary/aromatic N) is 3. The van der Waals surface area contributed by atoms with Crippen molar-refractivity contribution in [1.82, 2.24) is 14.8 Å². The van der Waals surface area contributed by atoms with Crippen LogP contribution in [0.25, 0.3) is 0 Å². The van der Waals surface area contributed by atoms with Gasteiger partial charge in [0.1, 0.15) is 24.0 Å². The third-order valence-corrected chi connectivity index (χ3v) is 4.81. The molecular formula is C17H14ClF2N3OS. The Morgan fingerprint density at radius 3 is 2.44 bits per heavy atom. The molecule has 1 aromatic heterocycles. The summed E-state index contributed by atoms with van der Waals surface area (Å²) in [5, 5.41) is 9.29. The fourth-order valence-corrected chi connectivity index (χ4v) is 3.15. The molecule has 0 saturated carbocycles. The lowest BCUT2D eigenvalue weighted by atomic mass is 10.2. The first-order chi connectivity index (χ1) is 12.0. The molecule has 0 aliphatic heterocycles. The lowest BCUT2D eigenvalue weighted by Gasteiger charge is -2.07. The standard InChI is InChI=1S/C17H14ClF2N3OS/c1-23-16(9-24-12-7-5-11(18)6-8-12)21-22-17(23)25-10-13-14(19)3-2-4-15(13)20/h2-8H,9-10H2,1H3. The van der Waals surface area contributed by atoms with Gasteiger partial charge < -0.3 is 9.30 Å². The minimum atomic E-state index is -0.569. The first-order valence-electron chi connectivity index (χ1n) is 7.37. The number of benzene rings is 2. The first kappa shape index (κ1) is 17.7. The summed E-state index contributed by atoms with van der Waals surface area (Å²) >= 11 is 7.04. The highest BCUT2D eigenvalue weighted by Gasteiger charge is 2.13. The van der Waals surface area contributed by atoms with E-state index in [4.69, 9.17) is 16.3 Å². The van der Waals surface area contributed by atoms with Crippen LogP contribution in [0.5, 0.6) is 5.75 Å². The average Bonchev–Trinajstić information content (AvgIpc) is 2.94. The van der Waals surface area contributed by atoms with Crippen LogP contribution in [0.3, 0.4) is 0 Å². The molecule has 0 saturated heterocycles. The van der Waals surface area contributed by atoms with Crippen molar-refractivity contribution in [3.8, 4) is 5.75 Å². The van der Waals surface area contributed by atoms with Gasteiger partial charge in [0.15, 0.2) is 11.0 Å². The smallest absolute Gasteiger partial charge is 0.191 e. The Bertz CT molecular complexity index is 851. The van der Waals surface area contributed by atoms with Crippen molar-refractivity contribution in [2.45, 2.75) is 17.5 Å². The molecule has 0 aliphatic carbocycles. The number of aromatic nitrogens is 3. The summed E-state index contributed by atoms with van der Waals surface area (Å²) in [6, 6.07) is 10.8. The lowest BCUT2D eigenvalue weighted by Crippen LogP contribution is -2.04. The molecule has 0 amide bonds. The Kier molecular flexibility index (Phi) is 5.55. The number of ether oxygens (including phenoxy) is 1. The van der Waals surface area contributed by atoms with Gasteiger partial charge in [-0.3, -0.25) is 0 Å². The van der Waals surface area contributed by atoms with Gasteiger partial charge in [0.05, 0.1) is 0 Å². The molecule has 0 atom stereocenters. The maximum atomic E-state index is 13.7. The van der Waals surface area contributed by atoms with Crippen LogP contribution in [-0.4, -0.2) is 14.8 Å². The number of thioether (sulfide) groups is 1. The van der Waals surface area contributed by atoms with Gasteiger partial charge in [-0.1, -0.05) is 29.4 Å². The van der Waals surface area contributed by atoms with Crippen molar-refractivity contribution in [2.75, 3.05) is 0 Å². The zero-order valence-electron chi connectivity index (χ0n) is 13.2. The molecule has 3 rings (SSSR count). The van der Waals surface area contributed by atoms with Crippen molar-refractivity contribution in [2.24, 2.45) is 7.05 Å². The fraction of sp³-hybridized carbons (Fsp3) is 0.176. The number of halogens is 3. The van der Waals surface area contributed by atoms with Gasteiger partial charge in [-0.2, -0.15) is 0 Å². The zero-order chi connectivity index (χ0) is 17.8. The van der Waals surface area contributed by atoms with Gasteiger partial charge in [-0.15, -0.1) is 10.2 Å². The second-order valence-corrected chi connectivity index (χ2v) is 6.57. The maximum Gasteiger partial charge on any atom is 0.191 e. The second kappa shape index (κ2) is 7.84. The van der Waals surface area contributed by atoms with E-state index < -0.39 is 11.6 Å². The first-order valence-corrected chi connectivity index (χ1v) is 8.73. The summed E-state index contributed by atoms with van der Waals surface area (Å²) in [6.07, 6.45) is 0. The van der Waals surface area contributed by atoms with Crippen LogP contribution >= 0.6 is 23.4 Å². The van der Waals surface area contributed by atoms with Crippen LogP contribution in [0.1, 0.15) is 11.4 Å². The Labute approximate surface area is 152 Å². The van der Waals surface area contributed by atoms with Crippen molar-refractivity contribution in [1.29, 1.82) is 0 Å². The van der Waals surface area contributed by atoms with E-state index in [0.717, 1.165) is 0 Å². The monoisotopic (exact) mass is 381 g/mol. The van der Waals surface area contributed by atoms with Crippen molar-refractivity contribution in [3.05, 3.63) is 70.5 Å². The largest absolute Gasteiger partial charge is 0.486 e. The Hall–Kier alpha value is -2.12. The molecule has 25 heavy (non-hydrogen) atoms. The molecule has 0 bridgehead atoms. The number of hydrogen-bond donors (Lipinski definition) is 0. The van der Waals surface area contributed by atoms with Gasteiger partial charge in [0.2, 0.25) is 0 Å². The van der Waals surface area contributed by atoms with Crippen molar-refractivity contribution < 1.29 is 13.5 Å². The van der Waals surface area contributed by atoms with Crippen LogP contribution < -0.4 is 4.74 Å². The molecule has 130 valence electrons. The molecule has 0 N–H and O–H groups in total. The molecular weight excluding hydrogens is 368 g/mol. The van der Waals surface area contributed by atoms with E-state index >= 15 is 0 Å². The molecule has 0 aliphatic rings. The number of hydrogen-bond acceptors (Lipinski definition) is 4. The van der Waals surface area contributed by atoms with Gasteiger partial charge in [-0.25, -0.2) is 8.78 Å². The van der Waals surface area contributed by atoms with Crippen LogP contribution in [0.15, 0.2) is 47.6 Å². The van der Waals surface area contributed by atoms with E-state index in [-0.39, 0.29) is 17.9 Å². The molecule has 8 heteroatoms. The normalized spacial score (nSPS) is 10.9. The Balaban J connectivity index is 1.64. The van der Waals surface area contributed by atoms with Gasteiger partial charge in [0.25, 0.3) is 0 Å². The molecule has 0 unspecified atom stereocenters. The molecule has 0 radical (unpaired) electrons. The highest BCUT2D eigenvalue weighted by molar-refractivity contribution is 7.98. The van der Waals surface area contributed by atoms with Crippen molar-refractivity contribution in [3.63, 3.8) is 0 Å². The highest BCUT2D eigenvalue weighted by Crippen LogP contribution is 2.25. The summed E-state index contributed by atoms with van der Waals surface area (Å²) in [7, 11) is 1.78. The summed E-state index contributed by atoms with van der Waals surface area (Å²) in [6.45, 7) is 0.222. The maximum absolute atomic E-state index is 13.7. The van der Waals surface area contributed by atoms with E-state index in [2.05, 4.69) is 10.2 Å². The van der Waals surface area contributed by atoms with E-state index in [1.165, 1.54) is 30.0 Å². The Morgan fingerprint density at radius 1 is 1.08 bits per heavy atom. The van der Waals surface area contributed by atoms with Crippen LogP contribution in [0.2, 0.25) is 5.02 Å². The summed E-state index contributed by atoms with van der Waals surface area (Å²) in [5.41, 5.74) is 0.0227.